The van der Waals surface area contributed by atoms with Crippen LogP contribution in [0.3, 0.4) is 0 Å². The monoisotopic (exact) mass is 174 g/mol. The first-order valence-corrected chi connectivity index (χ1v) is 3.91. The minimum absolute atomic E-state index is 0. The van der Waals surface area contributed by atoms with E-state index in [2.05, 4.69) is 5.73 Å². The van der Waals surface area contributed by atoms with Gasteiger partial charge in [-0.1, -0.05) is 18.2 Å². The van der Waals surface area contributed by atoms with Crippen LogP contribution in [-0.4, -0.2) is 0 Å². The number of hydrogen-bond acceptors (Lipinski definition) is 3. The molecular formula is C6H9NO3P-. The molecule has 0 aliphatic carbocycles. The largest absolute Gasteiger partial charge is 1.00 e. The molecule has 1 rings (SSSR count). The molecule has 3 N–H and O–H groups in total. The summed E-state index contributed by atoms with van der Waals surface area (Å²) in [6.07, 6.45) is 0. The van der Waals surface area contributed by atoms with Gasteiger partial charge in [0.2, 0.25) is 0 Å². The third kappa shape index (κ3) is 9.49. The average molecular weight is 174 g/mol. The van der Waals surface area contributed by atoms with Gasteiger partial charge in [-0.25, -0.2) is 0 Å². The lowest BCUT2D eigenvalue weighted by atomic mass is 10.3. The Bertz CT molecular complexity index is 183. The van der Waals surface area contributed by atoms with Crippen LogP contribution in [0.4, 0.5) is 5.69 Å². The molecule has 0 amide bonds. The highest BCUT2D eigenvalue weighted by Crippen LogP contribution is 1.93. The smallest absolute Gasteiger partial charge is 0.854 e. The minimum atomic E-state index is -3.37. The van der Waals surface area contributed by atoms with E-state index in [0.29, 0.717) is 0 Å². The zero-order valence-corrected chi connectivity index (χ0v) is 6.66. The Morgan fingerprint density at radius 3 is 1.64 bits per heavy atom. The molecule has 4 nitrogen and oxygen atoms in total. The second-order valence-corrected chi connectivity index (χ2v) is 2.16. The van der Waals surface area contributed by atoms with Crippen molar-refractivity contribution in [1.29, 1.82) is 0 Å². The van der Waals surface area contributed by atoms with Crippen LogP contribution >= 0.6 is 8.60 Å². The van der Waals surface area contributed by atoms with Crippen molar-refractivity contribution >= 4 is 14.3 Å². The Kier molecular flexibility index (Phi) is 5.93. The quantitative estimate of drug-likeness (QED) is 0.459. The van der Waals surface area contributed by atoms with E-state index < -0.39 is 8.60 Å². The molecule has 0 saturated heterocycles. The number of benzene rings is 1. The second-order valence-electron chi connectivity index (χ2n) is 1.71. The molecule has 0 spiro atoms. The summed E-state index contributed by atoms with van der Waals surface area (Å²) in [5, 5.41) is 0. The SMILES string of the molecule is [H+].[NH3+]c1ccccc1.[O-]P([O-])[O-]. The maximum Gasteiger partial charge on any atom is 1.00 e. The fourth-order valence-electron chi connectivity index (χ4n) is 0.478. The van der Waals surface area contributed by atoms with E-state index in [4.69, 9.17) is 14.7 Å². The predicted molar refractivity (Wildman–Crippen MR) is 37.0 cm³/mol. The highest BCUT2D eigenvalue weighted by atomic mass is 31.2. The summed E-state index contributed by atoms with van der Waals surface area (Å²) < 4.78 is 0. The standard InChI is InChI=1S/C6H7N.O3P/c7-6-4-2-1-3-5-6;1-4(2)3/h1-5H,7H2;/q;-3/p+2. The van der Waals surface area contributed by atoms with E-state index in [1.165, 1.54) is 0 Å². The van der Waals surface area contributed by atoms with Crippen molar-refractivity contribution < 1.29 is 21.8 Å². The summed E-state index contributed by atoms with van der Waals surface area (Å²) in [4.78, 5) is 25.4. The highest BCUT2D eigenvalue weighted by molar-refractivity contribution is 7.33. The summed E-state index contributed by atoms with van der Waals surface area (Å²) in [5.74, 6) is 0. The van der Waals surface area contributed by atoms with Crippen LogP contribution in [0.5, 0.6) is 0 Å². The van der Waals surface area contributed by atoms with Crippen LogP contribution < -0.4 is 20.4 Å². The first-order valence-electron chi connectivity index (χ1n) is 2.81. The Hall–Kier alpha value is -0.510. The van der Waals surface area contributed by atoms with Crippen LogP contribution in [0.15, 0.2) is 30.3 Å². The molecule has 0 radical (unpaired) electrons. The van der Waals surface area contributed by atoms with Gasteiger partial charge in [0, 0.05) is 0 Å². The van der Waals surface area contributed by atoms with Gasteiger partial charge in [-0.3, -0.25) is 0 Å². The lowest BCUT2D eigenvalue weighted by Gasteiger charge is -2.39. The summed E-state index contributed by atoms with van der Waals surface area (Å²) in [7, 11) is -3.37. The molecule has 0 bridgehead atoms. The van der Waals surface area contributed by atoms with E-state index in [9.17, 15) is 0 Å². The molecule has 0 heterocycles. The van der Waals surface area contributed by atoms with Gasteiger partial charge in [0.15, 0.2) is 0 Å². The van der Waals surface area contributed by atoms with Gasteiger partial charge >= 0.3 is 1.43 Å². The summed E-state index contributed by atoms with van der Waals surface area (Å²) in [6.45, 7) is 0. The normalized spacial score (nSPS) is 8.82. The van der Waals surface area contributed by atoms with Crippen LogP contribution in [0.25, 0.3) is 0 Å². The van der Waals surface area contributed by atoms with Crippen LogP contribution in [0.2, 0.25) is 0 Å². The van der Waals surface area contributed by atoms with Crippen LogP contribution in [-0.2, 0) is 0 Å². The average Bonchev–Trinajstić information content (AvgIpc) is 1.87. The van der Waals surface area contributed by atoms with Gasteiger partial charge in [-0.05, 0) is 12.1 Å². The molecule has 1 aromatic rings. The molecule has 1 aromatic carbocycles. The predicted octanol–water partition coefficient (Wildman–Crippen LogP) is -2.03. The Morgan fingerprint density at radius 2 is 1.45 bits per heavy atom. The van der Waals surface area contributed by atoms with E-state index in [0.717, 1.165) is 5.69 Å². The Morgan fingerprint density at radius 1 is 1.09 bits per heavy atom. The first kappa shape index (κ1) is 10.5. The molecule has 11 heavy (non-hydrogen) atoms. The molecule has 0 fully saturated rings. The first-order chi connectivity index (χ1) is 5.13. The topological polar surface area (TPSA) is 96.8 Å². The zero-order chi connectivity index (χ0) is 8.69. The van der Waals surface area contributed by atoms with Gasteiger partial charge in [0.05, 0.1) is 0 Å². The fraction of sp³-hybridized carbons (Fsp3) is 0. The number of quaternary nitrogens is 1. The van der Waals surface area contributed by atoms with Crippen LogP contribution in [0, 0.1) is 0 Å². The zero-order valence-electron chi connectivity index (χ0n) is 6.77. The molecule has 62 valence electrons. The molecule has 0 aliphatic rings. The van der Waals surface area contributed by atoms with Crippen molar-refractivity contribution in [2.75, 3.05) is 0 Å². The van der Waals surface area contributed by atoms with Crippen molar-refractivity contribution in [2.24, 2.45) is 0 Å². The number of rotatable bonds is 0. The van der Waals surface area contributed by atoms with Gasteiger partial charge in [0.25, 0.3) is 0 Å². The van der Waals surface area contributed by atoms with Gasteiger partial charge in [-0.2, -0.15) is 0 Å². The van der Waals surface area contributed by atoms with E-state index >= 15 is 0 Å². The lowest BCUT2D eigenvalue weighted by molar-refractivity contribution is -0.407. The molecule has 5 heteroatoms. The lowest BCUT2D eigenvalue weighted by Crippen LogP contribution is -2.39. The fourth-order valence-corrected chi connectivity index (χ4v) is 0.478. The third-order valence-electron chi connectivity index (χ3n) is 0.843. The summed E-state index contributed by atoms with van der Waals surface area (Å²) in [6, 6.07) is 9.87. The molecule has 0 aliphatic heterocycles. The van der Waals surface area contributed by atoms with E-state index in [1.807, 2.05) is 30.3 Å². The van der Waals surface area contributed by atoms with Crippen molar-refractivity contribution in [3.63, 3.8) is 0 Å². The number of hydrogen-bond donors (Lipinski definition) is 1. The Balaban J connectivity index is 0. The second kappa shape index (κ2) is 6.22. The van der Waals surface area contributed by atoms with Crippen molar-refractivity contribution in [3.05, 3.63) is 30.3 Å². The van der Waals surface area contributed by atoms with Gasteiger partial charge < -0.3 is 29.0 Å². The minimum Gasteiger partial charge on any atom is -0.854 e. The van der Waals surface area contributed by atoms with E-state index in [-0.39, 0.29) is 1.43 Å². The molecule has 0 atom stereocenters. The van der Waals surface area contributed by atoms with E-state index in [1.54, 1.807) is 0 Å². The highest BCUT2D eigenvalue weighted by Gasteiger charge is 1.77. The van der Waals surface area contributed by atoms with Crippen molar-refractivity contribution in [1.82, 2.24) is 0 Å². The Labute approximate surface area is 67.4 Å². The molecule has 0 saturated carbocycles. The van der Waals surface area contributed by atoms with Crippen molar-refractivity contribution in [2.45, 2.75) is 0 Å². The van der Waals surface area contributed by atoms with Crippen LogP contribution in [0.1, 0.15) is 1.43 Å². The maximum atomic E-state index is 8.48. The van der Waals surface area contributed by atoms with Crippen molar-refractivity contribution in [3.8, 4) is 0 Å². The maximum absolute atomic E-state index is 8.48. The molecular weight excluding hydrogens is 165 g/mol. The van der Waals surface area contributed by atoms with Gasteiger partial charge in [-0.15, -0.1) is 0 Å². The molecule has 0 unspecified atom stereocenters. The summed E-state index contributed by atoms with van der Waals surface area (Å²) in [5.41, 5.74) is 4.79. The third-order valence-corrected chi connectivity index (χ3v) is 0.843. The van der Waals surface area contributed by atoms with Gasteiger partial charge in [0.1, 0.15) is 5.69 Å². The molecule has 0 aromatic heterocycles. The summed E-state index contributed by atoms with van der Waals surface area (Å²) >= 11 is 0.